The van der Waals surface area contributed by atoms with E-state index >= 15 is 0 Å². The van der Waals surface area contributed by atoms with Gasteiger partial charge in [-0.05, 0) is 39.0 Å². The predicted octanol–water partition coefficient (Wildman–Crippen LogP) is 4.51. The summed E-state index contributed by atoms with van der Waals surface area (Å²) in [5, 5.41) is 7.82. The van der Waals surface area contributed by atoms with E-state index in [1.165, 1.54) is 0 Å². The summed E-state index contributed by atoms with van der Waals surface area (Å²) in [5.74, 6) is 0. The molecule has 0 aliphatic heterocycles. The number of benzene rings is 2. The van der Waals surface area contributed by atoms with E-state index in [4.69, 9.17) is 4.42 Å². The first kappa shape index (κ1) is 13.5. The molecular weight excluding hydrogens is 264 g/mol. The molecule has 0 atom stereocenters. The molecule has 2 amide bonds. The number of fused-ring (bicyclic) bond motifs is 3. The van der Waals surface area contributed by atoms with Crippen LogP contribution in [0.1, 0.15) is 20.8 Å². The Labute approximate surface area is 123 Å². The minimum atomic E-state index is -0.270. The van der Waals surface area contributed by atoms with Crippen LogP contribution in [0.15, 0.2) is 46.9 Å². The van der Waals surface area contributed by atoms with Gasteiger partial charge in [0.1, 0.15) is 11.2 Å². The van der Waals surface area contributed by atoms with Gasteiger partial charge >= 0.3 is 6.03 Å². The zero-order valence-electron chi connectivity index (χ0n) is 12.4. The molecule has 0 unspecified atom stereocenters. The van der Waals surface area contributed by atoms with E-state index in [0.29, 0.717) is 5.69 Å². The van der Waals surface area contributed by atoms with Crippen molar-refractivity contribution in [2.45, 2.75) is 26.3 Å². The van der Waals surface area contributed by atoms with Crippen LogP contribution in [0.3, 0.4) is 0 Å². The fourth-order valence-corrected chi connectivity index (χ4v) is 2.31. The number of nitrogens with one attached hydrogen (secondary N) is 2. The summed E-state index contributed by atoms with van der Waals surface area (Å²) in [7, 11) is 0. The van der Waals surface area contributed by atoms with Crippen molar-refractivity contribution in [1.82, 2.24) is 5.32 Å². The van der Waals surface area contributed by atoms with E-state index in [2.05, 4.69) is 10.6 Å². The second-order valence-corrected chi connectivity index (χ2v) is 6.14. The maximum atomic E-state index is 11.9. The number of anilines is 1. The fraction of sp³-hybridized carbons (Fsp3) is 0.235. The van der Waals surface area contributed by atoms with Gasteiger partial charge in [-0.25, -0.2) is 4.79 Å². The van der Waals surface area contributed by atoms with E-state index in [1.54, 1.807) is 0 Å². The SMILES string of the molecule is CC(C)(C)NC(=O)Nc1ccc2c(c1)oc1ccccc12. The summed E-state index contributed by atoms with van der Waals surface area (Å²) in [6, 6.07) is 13.4. The quantitative estimate of drug-likeness (QED) is 0.690. The molecule has 0 bridgehead atoms. The van der Waals surface area contributed by atoms with Crippen LogP contribution in [-0.4, -0.2) is 11.6 Å². The molecule has 0 radical (unpaired) electrons. The first-order valence-electron chi connectivity index (χ1n) is 6.93. The summed E-state index contributed by atoms with van der Waals surface area (Å²) in [5.41, 5.74) is 2.06. The van der Waals surface area contributed by atoms with E-state index < -0.39 is 0 Å². The number of furan rings is 1. The Morgan fingerprint density at radius 1 is 1.00 bits per heavy atom. The van der Waals surface area contributed by atoms with Gasteiger partial charge in [-0.2, -0.15) is 0 Å². The highest BCUT2D eigenvalue weighted by Gasteiger charge is 2.14. The van der Waals surface area contributed by atoms with E-state index in [-0.39, 0.29) is 11.6 Å². The molecule has 0 saturated carbocycles. The average molecular weight is 282 g/mol. The number of hydrogen-bond acceptors (Lipinski definition) is 2. The van der Waals surface area contributed by atoms with Crippen molar-refractivity contribution < 1.29 is 9.21 Å². The van der Waals surface area contributed by atoms with Gasteiger partial charge in [0.2, 0.25) is 0 Å². The Bertz CT molecular complexity index is 812. The molecule has 0 spiro atoms. The first-order chi connectivity index (χ1) is 9.92. The number of urea groups is 1. The van der Waals surface area contributed by atoms with Crippen LogP contribution in [0.2, 0.25) is 0 Å². The van der Waals surface area contributed by atoms with Crippen LogP contribution in [-0.2, 0) is 0 Å². The summed E-state index contributed by atoms with van der Waals surface area (Å²) in [4.78, 5) is 11.9. The van der Waals surface area contributed by atoms with Crippen molar-refractivity contribution in [3.8, 4) is 0 Å². The predicted molar refractivity (Wildman–Crippen MR) is 85.6 cm³/mol. The molecule has 1 aromatic heterocycles. The summed E-state index contributed by atoms with van der Waals surface area (Å²) < 4.78 is 5.80. The van der Waals surface area contributed by atoms with Gasteiger partial charge in [-0.15, -0.1) is 0 Å². The molecule has 21 heavy (non-hydrogen) atoms. The monoisotopic (exact) mass is 282 g/mol. The molecule has 3 aromatic rings. The molecule has 0 fully saturated rings. The first-order valence-corrected chi connectivity index (χ1v) is 6.93. The molecule has 108 valence electrons. The number of rotatable bonds is 1. The van der Waals surface area contributed by atoms with Gasteiger partial charge in [0.15, 0.2) is 0 Å². The number of hydrogen-bond donors (Lipinski definition) is 2. The highest BCUT2D eigenvalue weighted by Crippen LogP contribution is 2.30. The van der Waals surface area contributed by atoms with Crippen LogP contribution in [0.25, 0.3) is 21.9 Å². The van der Waals surface area contributed by atoms with E-state index in [9.17, 15) is 4.79 Å². The van der Waals surface area contributed by atoms with Crippen molar-refractivity contribution >= 4 is 33.7 Å². The standard InChI is InChI=1S/C17H18N2O2/c1-17(2,3)19-16(20)18-11-8-9-13-12-6-4-5-7-14(12)21-15(13)10-11/h4-10H,1-3H3,(H2,18,19,20). The Kier molecular flexibility index (Phi) is 3.09. The minimum absolute atomic E-state index is 0.224. The molecule has 0 aliphatic rings. The number of carbonyl (C=O) groups is 1. The number of carbonyl (C=O) groups excluding carboxylic acids is 1. The molecule has 2 aromatic carbocycles. The normalized spacial score (nSPS) is 11.8. The fourth-order valence-electron chi connectivity index (χ4n) is 2.31. The van der Waals surface area contributed by atoms with Crippen molar-refractivity contribution in [3.63, 3.8) is 0 Å². The van der Waals surface area contributed by atoms with E-state index in [1.807, 2.05) is 63.2 Å². The molecule has 0 saturated heterocycles. The van der Waals surface area contributed by atoms with Crippen LogP contribution in [0.4, 0.5) is 10.5 Å². The van der Waals surface area contributed by atoms with Crippen LogP contribution in [0, 0.1) is 0 Å². The Hall–Kier alpha value is -2.49. The second-order valence-electron chi connectivity index (χ2n) is 6.14. The van der Waals surface area contributed by atoms with Gasteiger partial charge in [0.25, 0.3) is 0 Å². The third-order valence-corrected chi connectivity index (χ3v) is 3.13. The Morgan fingerprint density at radius 3 is 2.48 bits per heavy atom. The maximum Gasteiger partial charge on any atom is 0.319 e. The van der Waals surface area contributed by atoms with Crippen LogP contribution >= 0.6 is 0 Å². The largest absolute Gasteiger partial charge is 0.456 e. The maximum absolute atomic E-state index is 11.9. The summed E-state index contributed by atoms with van der Waals surface area (Å²) in [6.07, 6.45) is 0. The van der Waals surface area contributed by atoms with Crippen molar-refractivity contribution in [2.24, 2.45) is 0 Å². The smallest absolute Gasteiger partial charge is 0.319 e. The number of amides is 2. The lowest BCUT2D eigenvalue weighted by Gasteiger charge is -2.20. The number of para-hydroxylation sites is 1. The summed E-state index contributed by atoms with van der Waals surface area (Å²) >= 11 is 0. The average Bonchev–Trinajstić information content (AvgIpc) is 2.73. The zero-order chi connectivity index (χ0) is 15.0. The van der Waals surface area contributed by atoms with Gasteiger partial charge in [0, 0.05) is 28.1 Å². The highest BCUT2D eigenvalue weighted by atomic mass is 16.3. The van der Waals surface area contributed by atoms with Gasteiger partial charge in [-0.1, -0.05) is 18.2 Å². The van der Waals surface area contributed by atoms with Crippen LogP contribution in [0.5, 0.6) is 0 Å². The lowest BCUT2D eigenvalue weighted by Crippen LogP contribution is -2.43. The van der Waals surface area contributed by atoms with Crippen molar-refractivity contribution in [2.75, 3.05) is 5.32 Å². The molecule has 3 rings (SSSR count). The highest BCUT2D eigenvalue weighted by molar-refractivity contribution is 6.06. The molecule has 2 N–H and O–H groups in total. The molecule has 1 heterocycles. The molecule has 0 aliphatic carbocycles. The van der Waals surface area contributed by atoms with Gasteiger partial charge in [0.05, 0.1) is 0 Å². The lowest BCUT2D eigenvalue weighted by atomic mass is 10.1. The minimum Gasteiger partial charge on any atom is -0.456 e. The Balaban J connectivity index is 1.91. The second kappa shape index (κ2) is 4.81. The molecule has 4 heteroatoms. The Morgan fingerprint density at radius 2 is 1.71 bits per heavy atom. The molecular formula is C17H18N2O2. The van der Waals surface area contributed by atoms with E-state index in [0.717, 1.165) is 21.9 Å². The topological polar surface area (TPSA) is 54.3 Å². The summed E-state index contributed by atoms with van der Waals surface area (Å²) in [6.45, 7) is 5.82. The van der Waals surface area contributed by atoms with Gasteiger partial charge < -0.3 is 15.1 Å². The third-order valence-electron chi connectivity index (χ3n) is 3.13. The molecule has 4 nitrogen and oxygen atoms in total. The lowest BCUT2D eigenvalue weighted by molar-refractivity contribution is 0.244. The van der Waals surface area contributed by atoms with Crippen LogP contribution < -0.4 is 10.6 Å². The third kappa shape index (κ3) is 2.84. The van der Waals surface area contributed by atoms with Crippen molar-refractivity contribution in [1.29, 1.82) is 0 Å². The van der Waals surface area contributed by atoms with Crippen molar-refractivity contribution in [3.05, 3.63) is 42.5 Å². The zero-order valence-corrected chi connectivity index (χ0v) is 12.4. The van der Waals surface area contributed by atoms with Gasteiger partial charge in [-0.3, -0.25) is 0 Å².